The number of nitrogens with zero attached hydrogens (tertiary/aromatic N) is 4. The molecule has 3 aromatic carbocycles. The summed E-state index contributed by atoms with van der Waals surface area (Å²) in [6.07, 6.45) is 0.689. The molecule has 0 N–H and O–H groups in total. The molecule has 7 nitrogen and oxygen atoms in total. The number of para-hydroxylation sites is 1. The van der Waals surface area contributed by atoms with Gasteiger partial charge in [0.1, 0.15) is 0 Å². The minimum absolute atomic E-state index is 0.172. The first-order valence-corrected chi connectivity index (χ1v) is 14.0. The number of aryl methyl sites for hydroxylation is 1. The van der Waals surface area contributed by atoms with Gasteiger partial charge in [-0.25, -0.2) is 13.4 Å². The lowest BCUT2D eigenvalue weighted by Crippen LogP contribution is -2.36. The molecule has 0 spiro atoms. The van der Waals surface area contributed by atoms with Gasteiger partial charge in [0.25, 0.3) is 15.9 Å². The second-order valence-electron chi connectivity index (χ2n) is 9.21. The maximum absolute atomic E-state index is 13.6. The van der Waals surface area contributed by atoms with Gasteiger partial charge < -0.3 is 4.90 Å². The Balaban J connectivity index is 1.43. The van der Waals surface area contributed by atoms with Crippen LogP contribution in [0, 0.1) is 6.92 Å². The highest BCUT2D eigenvalue weighted by Crippen LogP contribution is 2.33. The van der Waals surface area contributed by atoms with E-state index < -0.39 is 10.0 Å². The van der Waals surface area contributed by atoms with E-state index in [1.165, 1.54) is 27.8 Å². The summed E-state index contributed by atoms with van der Waals surface area (Å²) in [5.74, 6) is -0.205. The fraction of sp³-hybridized carbons (Fsp3) is 0.259. The van der Waals surface area contributed by atoms with E-state index in [4.69, 9.17) is 4.98 Å². The number of benzene rings is 3. The van der Waals surface area contributed by atoms with E-state index in [1.54, 1.807) is 17.0 Å². The highest BCUT2D eigenvalue weighted by molar-refractivity contribution is 7.92. The zero-order chi connectivity index (χ0) is 25.4. The third-order valence-corrected chi connectivity index (χ3v) is 9.18. The maximum atomic E-state index is 13.6. The van der Waals surface area contributed by atoms with E-state index in [9.17, 15) is 13.2 Å². The van der Waals surface area contributed by atoms with Crippen LogP contribution in [0.2, 0.25) is 0 Å². The van der Waals surface area contributed by atoms with Crippen molar-refractivity contribution in [1.29, 1.82) is 0 Å². The van der Waals surface area contributed by atoms with Crippen molar-refractivity contribution in [2.75, 3.05) is 42.9 Å². The molecular weight excluding hydrogens is 492 g/mol. The molecule has 1 aliphatic rings. The summed E-state index contributed by atoms with van der Waals surface area (Å²) in [6.45, 7) is 3.58. The standard InChI is InChI=1S/C27H28N4O3S2/c1-19-8-13-23-25(18-19)35-27(28-23)30(17-16-29(2)3)26(32)21-9-11-22(12-10-21)36(33,34)31-15-14-20-6-4-5-7-24(20)31/h4-13,18H,14-17H2,1-3H3. The van der Waals surface area contributed by atoms with Gasteiger partial charge in [0.05, 0.1) is 20.8 Å². The highest BCUT2D eigenvalue weighted by Gasteiger charge is 2.31. The molecular formula is C27H28N4O3S2. The van der Waals surface area contributed by atoms with Gasteiger partial charge in [-0.3, -0.25) is 14.0 Å². The Morgan fingerprint density at radius 3 is 2.53 bits per heavy atom. The van der Waals surface area contributed by atoms with Crippen molar-refractivity contribution in [3.05, 3.63) is 83.4 Å². The summed E-state index contributed by atoms with van der Waals surface area (Å²) in [7, 11) is 0.199. The first-order valence-electron chi connectivity index (χ1n) is 11.8. The van der Waals surface area contributed by atoms with Crippen molar-refractivity contribution in [3.8, 4) is 0 Å². The van der Waals surface area contributed by atoms with Crippen LogP contribution >= 0.6 is 11.3 Å². The number of aromatic nitrogens is 1. The van der Waals surface area contributed by atoms with Gasteiger partial charge in [-0.05, 0) is 81.0 Å². The van der Waals surface area contributed by atoms with Gasteiger partial charge in [0.2, 0.25) is 0 Å². The van der Waals surface area contributed by atoms with E-state index in [2.05, 4.69) is 6.07 Å². The number of hydrogen-bond donors (Lipinski definition) is 0. The van der Waals surface area contributed by atoms with Crippen LogP contribution in [-0.4, -0.2) is 57.9 Å². The van der Waals surface area contributed by atoms with Crippen LogP contribution in [0.25, 0.3) is 10.2 Å². The molecule has 1 aromatic heterocycles. The number of likely N-dealkylation sites (N-methyl/N-ethyl adjacent to an activating group) is 1. The molecule has 9 heteroatoms. The quantitative estimate of drug-likeness (QED) is 0.357. The van der Waals surface area contributed by atoms with Crippen molar-refractivity contribution in [1.82, 2.24) is 9.88 Å². The second kappa shape index (κ2) is 9.65. The predicted octanol–water partition coefficient (Wildman–Crippen LogP) is 4.56. The second-order valence-corrected chi connectivity index (χ2v) is 12.1. The molecule has 0 fully saturated rings. The molecule has 0 saturated heterocycles. The van der Waals surface area contributed by atoms with E-state index >= 15 is 0 Å². The van der Waals surface area contributed by atoms with Crippen LogP contribution in [0.3, 0.4) is 0 Å². The lowest BCUT2D eigenvalue weighted by molar-refractivity contribution is 0.0985. The molecule has 0 atom stereocenters. The average molecular weight is 521 g/mol. The number of sulfonamides is 1. The maximum Gasteiger partial charge on any atom is 0.264 e. The van der Waals surface area contributed by atoms with Crippen molar-refractivity contribution in [3.63, 3.8) is 0 Å². The number of hydrogen-bond acceptors (Lipinski definition) is 6. The number of anilines is 2. The SMILES string of the molecule is Cc1ccc2nc(N(CCN(C)C)C(=O)c3ccc(S(=O)(=O)N4CCc5ccccc54)cc3)sc2c1. The first-order chi connectivity index (χ1) is 17.2. The van der Waals surface area contributed by atoms with Gasteiger partial charge in [-0.2, -0.15) is 0 Å². The Kier molecular flexibility index (Phi) is 6.55. The fourth-order valence-electron chi connectivity index (χ4n) is 4.33. The Hall–Kier alpha value is -3.27. The molecule has 186 valence electrons. The Labute approximate surface area is 215 Å². The van der Waals surface area contributed by atoms with E-state index in [1.807, 2.05) is 62.3 Å². The molecule has 0 saturated carbocycles. The van der Waals surface area contributed by atoms with Crippen molar-refractivity contribution in [2.45, 2.75) is 18.2 Å². The summed E-state index contributed by atoms with van der Waals surface area (Å²) >= 11 is 1.48. The van der Waals surface area contributed by atoms with Crippen LogP contribution in [-0.2, 0) is 16.4 Å². The summed E-state index contributed by atoms with van der Waals surface area (Å²) in [4.78, 5) is 22.2. The monoisotopic (exact) mass is 520 g/mol. The normalized spacial score (nSPS) is 13.4. The zero-order valence-electron chi connectivity index (χ0n) is 20.5. The van der Waals surface area contributed by atoms with Crippen molar-refractivity contribution >= 4 is 48.3 Å². The van der Waals surface area contributed by atoms with Crippen molar-refractivity contribution in [2.24, 2.45) is 0 Å². The largest absolute Gasteiger partial charge is 0.308 e. The third kappa shape index (κ3) is 4.61. The van der Waals surface area contributed by atoms with E-state index in [-0.39, 0.29) is 10.8 Å². The third-order valence-electron chi connectivity index (χ3n) is 6.31. The van der Waals surface area contributed by atoms with Crippen LogP contribution in [0.1, 0.15) is 21.5 Å². The Morgan fingerprint density at radius 1 is 1.03 bits per heavy atom. The van der Waals surface area contributed by atoms with Gasteiger partial charge >= 0.3 is 0 Å². The number of amides is 1. The molecule has 36 heavy (non-hydrogen) atoms. The first kappa shape index (κ1) is 24.4. The fourth-order valence-corrected chi connectivity index (χ4v) is 6.92. The van der Waals surface area contributed by atoms with Gasteiger partial charge in [0, 0.05) is 25.2 Å². The average Bonchev–Trinajstić information content (AvgIpc) is 3.48. The Morgan fingerprint density at radius 2 is 1.78 bits per heavy atom. The summed E-state index contributed by atoms with van der Waals surface area (Å²) in [5.41, 5.74) is 4.16. The number of fused-ring (bicyclic) bond motifs is 2. The molecule has 5 rings (SSSR count). The van der Waals surface area contributed by atoms with Gasteiger partial charge in [-0.15, -0.1) is 0 Å². The molecule has 0 aliphatic carbocycles. The number of carbonyl (C=O) groups is 1. The van der Waals surface area contributed by atoms with Gasteiger partial charge in [0.15, 0.2) is 5.13 Å². The van der Waals surface area contributed by atoms with Crippen LogP contribution < -0.4 is 9.21 Å². The number of rotatable bonds is 7. The van der Waals surface area contributed by atoms with Crippen LogP contribution in [0.15, 0.2) is 71.6 Å². The molecule has 0 bridgehead atoms. The van der Waals surface area contributed by atoms with Gasteiger partial charge in [-0.1, -0.05) is 35.6 Å². The molecule has 2 heterocycles. The molecule has 0 radical (unpaired) electrons. The minimum atomic E-state index is -3.72. The predicted molar refractivity (Wildman–Crippen MR) is 146 cm³/mol. The summed E-state index contributed by atoms with van der Waals surface area (Å²) in [5, 5.41) is 0.632. The van der Waals surface area contributed by atoms with Crippen molar-refractivity contribution < 1.29 is 13.2 Å². The molecule has 1 aliphatic heterocycles. The molecule has 0 unspecified atom stereocenters. The number of carbonyl (C=O) groups excluding carboxylic acids is 1. The van der Waals surface area contributed by atoms with E-state index in [0.29, 0.717) is 36.8 Å². The zero-order valence-corrected chi connectivity index (χ0v) is 22.1. The molecule has 1 amide bonds. The summed E-state index contributed by atoms with van der Waals surface area (Å²) < 4.78 is 29.2. The summed E-state index contributed by atoms with van der Waals surface area (Å²) in [6, 6.07) is 19.8. The highest BCUT2D eigenvalue weighted by atomic mass is 32.2. The minimum Gasteiger partial charge on any atom is -0.308 e. The smallest absolute Gasteiger partial charge is 0.264 e. The number of thiazole rings is 1. The topological polar surface area (TPSA) is 73.8 Å². The van der Waals surface area contributed by atoms with E-state index in [0.717, 1.165) is 27.0 Å². The Bertz CT molecular complexity index is 1530. The lowest BCUT2D eigenvalue weighted by atomic mass is 10.2. The van der Waals surface area contributed by atoms with Crippen LogP contribution in [0.5, 0.6) is 0 Å². The molecule has 4 aromatic rings. The van der Waals surface area contributed by atoms with Crippen LogP contribution in [0.4, 0.5) is 10.8 Å². The lowest BCUT2D eigenvalue weighted by Gasteiger charge is -2.22.